The highest BCUT2D eigenvalue weighted by molar-refractivity contribution is 6.18. The largest absolute Gasteiger partial charge is 0.508 e. The molecule has 0 aromatic heterocycles. The summed E-state index contributed by atoms with van der Waals surface area (Å²) in [5, 5.41) is 9.31. The second-order valence-electron chi connectivity index (χ2n) is 3.53. The fourth-order valence-corrected chi connectivity index (χ4v) is 1.71. The molecule has 0 atom stereocenters. The third kappa shape index (κ3) is 3.42. The lowest BCUT2D eigenvalue weighted by atomic mass is 10.2. The molecule has 0 aliphatic carbocycles. The molecular formula is C12H16ClNO2. The molecule has 0 spiro atoms. The predicted octanol–water partition coefficient (Wildman–Crippen LogP) is 2.48. The van der Waals surface area contributed by atoms with Gasteiger partial charge in [0.05, 0.1) is 0 Å². The van der Waals surface area contributed by atoms with Gasteiger partial charge in [0.1, 0.15) is 5.75 Å². The van der Waals surface area contributed by atoms with Crippen LogP contribution in [-0.2, 0) is 0 Å². The van der Waals surface area contributed by atoms with Crippen LogP contribution in [0.15, 0.2) is 24.3 Å². The highest BCUT2D eigenvalue weighted by atomic mass is 35.5. The Morgan fingerprint density at radius 2 is 2.19 bits per heavy atom. The fourth-order valence-electron chi connectivity index (χ4n) is 1.51. The van der Waals surface area contributed by atoms with E-state index in [1.165, 1.54) is 6.07 Å². The van der Waals surface area contributed by atoms with Crippen molar-refractivity contribution >= 4 is 17.5 Å². The van der Waals surface area contributed by atoms with Gasteiger partial charge in [-0.15, -0.1) is 11.6 Å². The summed E-state index contributed by atoms with van der Waals surface area (Å²) in [6.45, 7) is 3.22. The van der Waals surface area contributed by atoms with Crippen LogP contribution in [0.2, 0.25) is 0 Å². The molecule has 0 saturated heterocycles. The third-order valence-corrected chi connectivity index (χ3v) is 2.40. The van der Waals surface area contributed by atoms with Crippen LogP contribution in [0.1, 0.15) is 23.7 Å². The molecule has 0 heterocycles. The molecule has 0 radical (unpaired) electrons. The predicted molar refractivity (Wildman–Crippen MR) is 65.0 cm³/mol. The number of rotatable bonds is 5. The maximum atomic E-state index is 12.0. The van der Waals surface area contributed by atoms with E-state index in [4.69, 9.17) is 11.6 Å². The number of carbonyl (C=O) groups is 1. The first kappa shape index (κ1) is 12.8. The monoisotopic (exact) mass is 241 g/mol. The van der Waals surface area contributed by atoms with Crippen molar-refractivity contribution in [3.05, 3.63) is 29.8 Å². The Balaban J connectivity index is 2.81. The quantitative estimate of drug-likeness (QED) is 0.805. The van der Waals surface area contributed by atoms with Crippen molar-refractivity contribution in [1.82, 2.24) is 4.90 Å². The van der Waals surface area contributed by atoms with E-state index >= 15 is 0 Å². The number of carbonyl (C=O) groups excluding carboxylic acids is 1. The molecule has 0 unspecified atom stereocenters. The first-order valence-electron chi connectivity index (χ1n) is 5.33. The number of nitrogens with zero attached hydrogens (tertiary/aromatic N) is 1. The van der Waals surface area contributed by atoms with Gasteiger partial charge in [0.15, 0.2) is 0 Å². The van der Waals surface area contributed by atoms with Gasteiger partial charge >= 0.3 is 0 Å². The molecule has 1 rings (SSSR count). The van der Waals surface area contributed by atoms with Crippen molar-refractivity contribution in [3.8, 4) is 5.75 Å². The van der Waals surface area contributed by atoms with Crippen LogP contribution in [0.3, 0.4) is 0 Å². The maximum Gasteiger partial charge on any atom is 0.254 e. The summed E-state index contributed by atoms with van der Waals surface area (Å²) in [5.74, 6) is 0.441. The van der Waals surface area contributed by atoms with Gasteiger partial charge in [-0.2, -0.15) is 0 Å². The number of halogens is 1. The summed E-state index contributed by atoms with van der Waals surface area (Å²) in [5.41, 5.74) is 0.499. The fraction of sp³-hybridized carbons (Fsp3) is 0.417. The van der Waals surface area contributed by atoms with Crippen LogP contribution in [0, 0.1) is 0 Å². The number of hydrogen-bond acceptors (Lipinski definition) is 2. The summed E-state index contributed by atoms with van der Waals surface area (Å²) >= 11 is 5.65. The minimum absolute atomic E-state index is 0.0848. The molecule has 0 aliphatic heterocycles. The van der Waals surface area contributed by atoms with Gasteiger partial charge in [-0.1, -0.05) is 13.0 Å². The van der Waals surface area contributed by atoms with Crippen LogP contribution in [-0.4, -0.2) is 34.9 Å². The molecule has 4 heteroatoms. The first-order valence-corrected chi connectivity index (χ1v) is 5.86. The van der Waals surface area contributed by atoms with E-state index in [9.17, 15) is 9.90 Å². The molecule has 1 amide bonds. The van der Waals surface area contributed by atoms with Gasteiger partial charge in [0.25, 0.3) is 5.91 Å². The average molecular weight is 242 g/mol. The summed E-state index contributed by atoms with van der Waals surface area (Å²) in [7, 11) is 0. The molecule has 0 bridgehead atoms. The number of alkyl halides is 1. The van der Waals surface area contributed by atoms with E-state index in [0.717, 1.165) is 6.42 Å². The normalized spacial score (nSPS) is 10.1. The van der Waals surface area contributed by atoms with Crippen molar-refractivity contribution in [2.75, 3.05) is 19.0 Å². The molecule has 16 heavy (non-hydrogen) atoms. The third-order valence-electron chi connectivity index (χ3n) is 2.23. The van der Waals surface area contributed by atoms with Gasteiger partial charge in [0.2, 0.25) is 0 Å². The van der Waals surface area contributed by atoms with E-state index in [2.05, 4.69) is 0 Å². The van der Waals surface area contributed by atoms with E-state index < -0.39 is 0 Å². The van der Waals surface area contributed by atoms with Gasteiger partial charge in [-0.05, 0) is 24.6 Å². The van der Waals surface area contributed by atoms with Gasteiger partial charge in [-0.3, -0.25) is 4.79 Å². The van der Waals surface area contributed by atoms with Crippen molar-refractivity contribution in [2.45, 2.75) is 13.3 Å². The Hall–Kier alpha value is -1.22. The summed E-state index contributed by atoms with van der Waals surface area (Å²) < 4.78 is 0. The summed E-state index contributed by atoms with van der Waals surface area (Å²) in [6.07, 6.45) is 0.890. The second-order valence-corrected chi connectivity index (χ2v) is 3.91. The lowest BCUT2D eigenvalue weighted by molar-refractivity contribution is 0.0765. The summed E-state index contributed by atoms with van der Waals surface area (Å²) in [6, 6.07) is 6.37. The Bertz CT molecular complexity index is 349. The number of phenols is 1. The molecule has 88 valence electrons. The van der Waals surface area contributed by atoms with E-state index in [0.29, 0.717) is 24.5 Å². The number of hydrogen-bond donors (Lipinski definition) is 1. The Morgan fingerprint density at radius 3 is 2.75 bits per heavy atom. The lowest BCUT2D eigenvalue weighted by Gasteiger charge is -2.21. The van der Waals surface area contributed by atoms with Crippen LogP contribution in [0.25, 0.3) is 0 Å². The zero-order valence-corrected chi connectivity index (χ0v) is 10.1. The molecule has 3 nitrogen and oxygen atoms in total. The minimum Gasteiger partial charge on any atom is -0.508 e. The molecule has 1 N–H and O–H groups in total. The van der Waals surface area contributed by atoms with Crippen molar-refractivity contribution in [2.24, 2.45) is 0 Å². The number of phenolic OH excluding ortho intramolecular Hbond substituents is 1. The van der Waals surface area contributed by atoms with Gasteiger partial charge in [-0.25, -0.2) is 0 Å². The number of amides is 1. The molecular weight excluding hydrogens is 226 g/mol. The van der Waals surface area contributed by atoms with E-state index in [1.807, 2.05) is 6.92 Å². The lowest BCUT2D eigenvalue weighted by Crippen LogP contribution is -2.33. The van der Waals surface area contributed by atoms with Crippen molar-refractivity contribution < 1.29 is 9.90 Å². The molecule has 0 saturated carbocycles. The smallest absolute Gasteiger partial charge is 0.254 e. The molecule has 0 aliphatic rings. The highest BCUT2D eigenvalue weighted by Crippen LogP contribution is 2.13. The van der Waals surface area contributed by atoms with Crippen LogP contribution in [0.5, 0.6) is 5.75 Å². The van der Waals surface area contributed by atoms with Crippen LogP contribution < -0.4 is 0 Å². The highest BCUT2D eigenvalue weighted by Gasteiger charge is 2.14. The Labute approximate surface area is 101 Å². The maximum absolute atomic E-state index is 12.0. The van der Waals surface area contributed by atoms with Crippen LogP contribution >= 0.6 is 11.6 Å². The Morgan fingerprint density at radius 1 is 1.44 bits per heavy atom. The molecule has 1 aromatic carbocycles. The summed E-state index contributed by atoms with van der Waals surface area (Å²) in [4.78, 5) is 13.7. The van der Waals surface area contributed by atoms with Crippen LogP contribution in [0.4, 0.5) is 0 Å². The number of aromatic hydroxyl groups is 1. The SMILES string of the molecule is CCCN(CCCl)C(=O)c1cccc(O)c1. The van der Waals surface area contributed by atoms with Crippen molar-refractivity contribution in [3.63, 3.8) is 0 Å². The van der Waals surface area contributed by atoms with E-state index in [1.54, 1.807) is 23.1 Å². The van der Waals surface area contributed by atoms with Gasteiger partial charge < -0.3 is 10.0 Å². The minimum atomic E-state index is -0.0848. The topological polar surface area (TPSA) is 40.5 Å². The van der Waals surface area contributed by atoms with Crippen molar-refractivity contribution in [1.29, 1.82) is 0 Å². The van der Waals surface area contributed by atoms with E-state index in [-0.39, 0.29) is 11.7 Å². The number of benzene rings is 1. The average Bonchev–Trinajstić information content (AvgIpc) is 2.28. The van der Waals surface area contributed by atoms with Gasteiger partial charge in [0, 0.05) is 24.5 Å². The standard InChI is InChI=1S/C12H16ClNO2/c1-2-7-14(8-6-13)12(16)10-4-3-5-11(15)9-10/h3-5,9,15H,2,6-8H2,1H3. The Kier molecular flexibility index (Phi) is 5.12. The first-order chi connectivity index (χ1) is 7.69. The molecule has 0 fully saturated rings. The zero-order valence-electron chi connectivity index (χ0n) is 9.32. The second kappa shape index (κ2) is 6.38. The molecule has 1 aromatic rings. The zero-order chi connectivity index (χ0) is 12.0.